The quantitative estimate of drug-likeness (QED) is 0.0235. The molecule has 0 aliphatic heterocycles. The van der Waals surface area contributed by atoms with Crippen LogP contribution in [0.2, 0.25) is 0 Å². The number of thiocarbonyl (C=S) groups is 1. The fourth-order valence-electron chi connectivity index (χ4n) is 6.49. The Morgan fingerprint density at radius 1 is 0.667 bits per heavy atom. The Bertz CT molecular complexity index is 2540. The normalized spacial score (nSPS) is 10.6. The number of alkyl halides is 3. The van der Waals surface area contributed by atoms with Crippen LogP contribution < -0.4 is 19.1 Å². The summed E-state index contributed by atoms with van der Waals surface area (Å²) in [5.74, 6) is 0.760. The number of anilines is 3. The van der Waals surface area contributed by atoms with Crippen LogP contribution in [-0.2, 0) is 46.7 Å². The van der Waals surface area contributed by atoms with Gasteiger partial charge in [-0.2, -0.15) is 18.3 Å². The molecular weight excluding hydrogens is 999 g/mol. The summed E-state index contributed by atoms with van der Waals surface area (Å²) in [5, 5.41) is 15.7. The number of carbonyl (C=O) groups excluding carboxylic acids is 3. The smallest absolute Gasteiger partial charge is 0.753 e. The van der Waals surface area contributed by atoms with E-state index >= 15 is 0 Å². The van der Waals surface area contributed by atoms with Crippen molar-refractivity contribution in [1.82, 2.24) is 19.9 Å². The van der Waals surface area contributed by atoms with E-state index in [0.717, 1.165) is 37.1 Å². The summed E-state index contributed by atoms with van der Waals surface area (Å²) in [5.41, 5.74) is 12.6. The third-order valence-electron chi connectivity index (χ3n) is 9.74. The Balaban J connectivity index is 0.000000357. The Hall–Kier alpha value is -7.33. The molecule has 6 aromatic rings. The monoisotopic (exact) mass is 1050 g/mol. The summed E-state index contributed by atoms with van der Waals surface area (Å²) in [7, 11) is 0. The molecule has 0 radical (unpaired) electrons. The predicted molar refractivity (Wildman–Crippen MR) is 258 cm³/mol. The molecule has 0 amide bonds. The summed E-state index contributed by atoms with van der Waals surface area (Å²) >= 11 is 3.70. The third kappa shape index (κ3) is 18.0. The number of pyridine rings is 4. The van der Waals surface area contributed by atoms with E-state index < -0.39 is 17.6 Å². The van der Waals surface area contributed by atoms with Crippen molar-refractivity contribution in [3.63, 3.8) is 0 Å². The van der Waals surface area contributed by atoms with Crippen molar-refractivity contribution in [2.45, 2.75) is 71.4 Å². The van der Waals surface area contributed by atoms with Crippen LogP contribution in [0.5, 0.6) is 17.2 Å². The summed E-state index contributed by atoms with van der Waals surface area (Å²) < 4.78 is 53.1. The number of ether oxygens (including phenoxy) is 3. The zero-order valence-electron chi connectivity index (χ0n) is 37.5. The van der Waals surface area contributed by atoms with Crippen molar-refractivity contribution in [3.8, 4) is 40.0 Å². The van der Waals surface area contributed by atoms with Gasteiger partial charge in [-0.05, 0) is 91.4 Å². The first-order chi connectivity index (χ1) is 32.9. The number of nitrogens with one attached hydrogen (secondary N) is 2. The van der Waals surface area contributed by atoms with Gasteiger partial charge < -0.3 is 30.3 Å². The first-order valence-corrected chi connectivity index (χ1v) is 21.6. The molecule has 0 aliphatic carbocycles. The molecule has 0 spiro atoms. The summed E-state index contributed by atoms with van der Waals surface area (Å²) in [4.78, 5) is 50.7. The molecular formula is C50H47F3N8O6RuS. The van der Waals surface area contributed by atoms with Crippen LogP contribution >= 0.6 is 12.2 Å². The van der Waals surface area contributed by atoms with E-state index in [1.807, 2.05) is 29.2 Å². The molecule has 0 unspecified atom stereocenters. The molecule has 6 rings (SSSR count). The van der Waals surface area contributed by atoms with Crippen molar-refractivity contribution < 1.29 is 61.2 Å². The van der Waals surface area contributed by atoms with Crippen molar-refractivity contribution in [1.29, 1.82) is 5.41 Å². The van der Waals surface area contributed by atoms with Gasteiger partial charge >= 0.3 is 25.7 Å². The molecule has 2 N–H and O–H groups in total. The standard InChI is InChI=1S/C31H36F3N4.C18H11N3O6.CNS.Ru/c1-3-5-7-9-23-11-15-25(16-12-23)38(26-17-13-24(14-18-26)10-8-6-4-2)27-19-20-37-29(21-27)28(35)22-30(36)31(32,33)34;22-9-25-12-1-3-19-15(5-12)17-7-14(27-11-24)8-18(21-17)16-6-13(26-10-23)2-4-20-16;2-1-3;/h11-22,35-36H,3-10H2,1-2H3;1-11H;;/q-1;;-1;+2/b28-22-,36-30?;;;. The van der Waals surface area contributed by atoms with Crippen LogP contribution in [0.3, 0.4) is 0 Å². The number of allylic oxidation sites excluding steroid dienone is 1. The van der Waals surface area contributed by atoms with Crippen LogP contribution in [-0.4, -0.2) is 56.4 Å². The molecule has 0 fully saturated rings. The third-order valence-corrected chi connectivity index (χ3v) is 9.74. The van der Waals surface area contributed by atoms with Crippen molar-refractivity contribution in [2.75, 3.05) is 4.90 Å². The minimum absolute atomic E-state index is 0. The molecule has 4 aromatic heterocycles. The molecule has 0 aliphatic rings. The van der Waals surface area contributed by atoms with Crippen LogP contribution in [0.15, 0.2) is 122 Å². The molecule has 69 heavy (non-hydrogen) atoms. The molecule has 19 heteroatoms. The zero-order valence-corrected chi connectivity index (χ0v) is 40.0. The second-order valence-electron chi connectivity index (χ2n) is 14.5. The van der Waals surface area contributed by atoms with Crippen molar-refractivity contribution in [2.24, 2.45) is 0 Å². The largest absolute Gasteiger partial charge is 2.00 e. The molecule has 4 heterocycles. The van der Waals surface area contributed by atoms with Gasteiger partial charge in [-0.3, -0.25) is 34.7 Å². The Morgan fingerprint density at radius 3 is 1.51 bits per heavy atom. The Morgan fingerprint density at radius 2 is 1.09 bits per heavy atom. The fourth-order valence-corrected chi connectivity index (χ4v) is 6.49. The zero-order chi connectivity index (χ0) is 49.3. The van der Waals surface area contributed by atoms with Gasteiger partial charge in [0.25, 0.3) is 19.4 Å². The van der Waals surface area contributed by atoms with Gasteiger partial charge in [0.2, 0.25) is 0 Å². The van der Waals surface area contributed by atoms with E-state index in [1.54, 1.807) is 12.1 Å². The average Bonchev–Trinajstić information content (AvgIpc) is 3.33. The number of rotatable bonds is 21. The number of nitrogens with zero attached hydrogens (tertiary/aromatic N) is 6. The van der Waals surface area contributed by atoms with E-state index in [-0.39, 0.29) is 48.9 Å². The maximum atomic E-state index is 12.9. The first kappa shape index (κ1) is 56.0. The van der Waals surface area contributed by atoms with Gasteiger partial charge in [0.1, 0.15) is 23.0 Å². The number of aromatic nitrogens is 4. The summed E-state index contributed by atoms with van der Waals surface area (Å²) in [6.45, 7) is 5.24. The molecule has 14 nitrogen and oxygen atoms in total. The maximum Gasteiger partial charge on any atom is 2.00 e. The van der Waals surface area contributed by atoms with Gasteiger partial charge in [0.05, 0.1) is 22.8 Å². The van der Waals surface area contributed by atoms with Crippen molar-refractivity contribution in [3.05, 3.63) is 150 Å². The maximum absolute atomic E-state index is 12.9. The van der Waals surface area contributed by atoms with E-state index in [9.17, 15) is 27.6 Å². The number of aryl methyl sites for hydroxylation is 2. The van der Waals surface area contributed by atoms with Gasteiger partial charge in [-0.15, -0.1) is 5.70 Å². The first-order valence-electron chi connectivity index (χ1n) is 21.2. The minimum atomic E-state index is -4.81. The Kier molecular flexibility index (Phi) is 23.9. The van der Waals surface area contributed by atoms with Crippen LogP contribution in [0, 0.1) is 5.41 Å². The molecule has 0 atom stereocenters. The molecule has 0 bridgehead atoms. The second kappa shape index (κ2) is 29.4. The van der Waals surface area contributed by atoms with Gasteiger partial charge in [-0.1, -0.05) is 76.0 Å². The predicted octanol–water partition coefficient (Wildman–Crippen LogP) is 12.5. The van der Waals surface area contributed by atoms with Crippen LogP contribution in [0.25, 0.3) is 39.6 Å². The molecule has 0 saturated heterocycles. The Labute approximate surface area is 416 Å². The average molecular weight is 1050 g/mol. The number of hydrogen-bond donors (Lipinski definition) is 1. The summed E-state index contributed by atoms with van der Waals surface area (Å²) in [6.07, 6.45) is 9.06. The van der Waals surface area contributed by atoms with Crippen molar-refractivity contribution >= 4 is 65.3 Å². The molecule has 358 valence electrons. The van der Waals surface area contributed by atoms with E-state index in [0.29, 0.717) is 47.5 Å². The van der Waals surface area contributed by atoms with E-state index in [4.69, 9.17) is 30.8 Å². The topological polar surface area (TPSA) is 204 Å². The van der Waals surface area contributed by atoms with Gasteiger partial charge in [0, 0.05) is 65.6 Å². The molecule has 2 aromatic carbocycles. The minimum Gasteiger partial charge on any atom is -0.753 e. The number of isothiocyanates is 1. The molecule has 0 saturated carbocycles. The van der Waals surface area contributed by atoms with E-state index in [2.05, 4.69) is 70.3 Å². The number of halogens is 3. The summed E-state index contributed by atoms with van der Waals surface area (Å²) in [6, 6.07) is 29.0. The van der Waals surface area contributed by atoms with Gasteiger partial charge in [0.15, 0.2) is 0 Å². The number of benzene rings is 2. The fraction of sp³-hybridized carbons (Fsp3) is 0.220. The van der Waals surface area contributed by atoms with Crippen LogP contribution in [0.4, 0.5) is 30.2 Å². The SMILES string of the molecule is CCCCCc1ccc(N(c2ccc(CCCCC)cc2)c2ccnc(/C([NH-])=C/C(=N)C(F)(F)F)c2)cc1.O=COc1ccnc(-c2cc(OC=O)cc(-c3cc(OC=O)ccn3)n2)c1.[N-]=C=S.[Ru+2]. The van der Waals surface area contributed by atoms with Crippen LogP contribution in [0.1, 0.15) is 69.2 Å². The van der Waals surface area contributed by atoms with Gasteiger partial charge in [-0.25, -0.2) is 4.98 Å². The number of unbranched alkanes of at least 4 members (excludes halogenated alkanes) is 4. The number of hydrogen-bond acceptors (Lipinski definition) is 13. The second-order valence-corrected chi connectivity index (χ2v) is 14.7. The van der Waals surface area contributed by atoms with E-state index in [1.165, 1.54) is 97.0 Å². The number of carbonyl (C=O) groups is 3.